The van der Waals surface area contributed by atoms with Crippen LogP contribution in [0, 0.1) is 0 Å². The topological polar surface area (TPSA) is 29.5 Å². The van der Waals surface area contributed by atoms with E-state index in [1.165, 1.54) is 12.0 Å². The first-order valence-corrected chi connectivity index (χ1v) is 5.65. The number of aliphatic hydroxyl groups excluding tert-OH is 1. The second-order valence-electron chi connectivity index (χ2n) is 4.25. The molecule has 0 aliphatic heterocycles. The predicted molar refractivity (Wildman–Crippen MR) is 60.2 cm³/mol. The number of rotatable bonds is 4. The molecule has 0 radical (unpaired) electrons. The molecule has 0 amide bonds. The third-order valence-corrected chi connectivity index (χ3v) is 3.39. The second kappa shape index (κ2) is 4.23. The maximum Gasteiger partial charge on any atom is 0.119 e. The molecule has 0 bridgehead atoms. The lowest BCUT2D eigenvalue weighted by Crippen LogP contribution is -2.37. The molecule has 2 rings (SSSR count). The zero-order valence-corrected chi connectivity index (χ0v) is 9.20. The quantitative estimate of drug-likeness (QED) is 0.820. The van der Waals surface area contributed by atoms with Gasteiger partial charge in [0.15, 0.2) is 0 Å². The van der Waals surface area contributed by atoms with Gasteiger partial charge in [0.25, 0.3) is 0 Å². The van der Waals surface area contributed by atoms with E-state index < -0.39 is 0 Å². The van der Waals surface area contributed by atoms with E-state index in [4.69, 9.17) is 4.74 Å². The lowest BCUT2D eigenvalue weighted by Gasteiger charge is -2.40. The Balaban J connectivity index is 2.15. The first kappa shape index (κ1) is 10.5. The molecule has 0 heterocycles. The van der Waals surface area contributed by atoms with Crippen LogP contribution in [0.2, 0.25) is 0 Å². The van der Waals surface area contributed by atoms with Crippen LogP contribution in [0.25, 0.3) is 0 Å². The Hall–Kier alpha value is -1.02. The fourth-order valence-electron chi connectivity index (χ4n) is 2.21. The summed E-state index contributed by atoms with van der Waals surface area (Å²) in [4.78, 5) is 0. The molecule has 1 saturated carbocycles. The molecule has 0 atom stereocenters. The maximum absolute atomic E-state index is 9.43. The minimum absolute atomic E-state index is 0.0464. The molecule has 2 nitrogen and oxygen atoms in total. The van der Waals surface area contributed by atoms with Crippen LogP contribution in [0.15, 0.2) is 24.3 Å². The molecule has 0 saturated heterocycles. The smallest absolute Gasteiger partial charge is 0.119 e. The van der Waals surface area contributed by atoms with E-state index in [0.29, 0.717) is 6.61 Å². The summed E-state index contributed by atoms with van der Waals surface area (Å²) < 4.78 is 5.40. The number of hydrogen-bond donors (Lipinski definition) is 1. The average molecular weight is 206 g/mol. The average Bonchev–Trinajstić information content (AvgIpc) is 2.20. The highest BCUT2D eigenvalue weighted by Crippen LogP contribution is 2.43. The zero-order valence-electron chi connectivity index (χ0n) is 9.20. The van der Waals surface area contributed by atoms with Crippen molar-refractivity contribution in [2.45, 2.75) is 31.6 Å². The van der Waals surface area contributed by atoms with E-state index >= 15 is 0 Å². The summed E-state index contributed by atoms with van der Waals surface area (Å²) in [5, 5.41) is 9.43. The van der Waals surface area contributed by atoms with E-state index in [1.54, 1.807) is 0 Å². The van der Waals surface area contributed by atoms with Crippen LogP contribution in [0.3, 0.4) is 0 Å². The SMILES string of the molecule is CCOc1ccc(C2(CO)CCC2)cc1. The van der Waals surface area contributed by atoms with Gasteiger partial charge >= 0.3 is 0 Å². The molecule has 1 aliphatic carbocycles. The summed E-state index contributed by atoms with van der Waals surface area (Å²) in [5.74, 6) is 0.911. The molecular weight excluding hydrogens is 188 g/mol. The summed E-state index contributed by atoms with van der Waals surface area (Å²) in [6.07, 6.45) is 3.45. The molecule has 82 valence electrons. The summed E-state index contributed by atoms with van der Waals surface area (Å²) in [7, 11) is 0. The fourth-order valence-corrected chi connectivity index (χ4v) is 2.21. The number of hydrogen-bond acceptors (Lipinski definition) is 2. The van der Waals surface area contributed by atoms with Gasteiger partial charge in [-0.15, -0.1) is 0 Å². The van der Waals surface area contributed by atoms with Crippen LogP contribution in [-0.2, 0) is 5.41 Å². The third kappa shape index (κ3) is 1.86. The first-order chi connectivity index (χ1) is 7.30. The molecule has 0 spiro atoms. The van der Waals surface area contributed by atoms with Gasteiger partial charge in [0.2, 0.25) is 0 Å². The van der Waals surface area contributed by atoms with Crippen molar-refractivity contribution >= 4 is 0 Å². The Bertz CT molecular complexity index is 306. The first-order valence-electron chi connectivity index (χ1n) is 5.65. The molecule has 1 aromatic carbocycles. The second-order valence-corrected chi connectivity index (χ2v) is 4.25. The maximum atomic E-state index is 9.43. The van der Waals surface area contributed by atoms with Gasteiger partial charge < -0.3 is 9.84 Å². The van der Waals surface area contributed by atoms with Gasteiger partial charge in [-0.1, -0.05) is 18.6 Å². The van der Waals surface area contributed by atoms with Crippen molar-refractivity contribution in [3.8, 4) is 5.75 Å². The molecule has 0 aromatic heterocycles. The van der Waals surface area contributed by atoms with Gasteiger partial charge in [-0.25, -0.2) is 0 Å². The minimum atomic E-state index is 0.0464. The van der Waals surface area contributed by atoms with E-state index in [2.05, 4.69) is 12.1 Å². The highest BCUT2D eigenvalue weighted by Gasteiger charge is 2.37. The van der Waals surface area contributed by atoms with Gasteiger partial charge in [0, 0.05) is 5.41 Å². The zero-order chi connectivity index (χ0) is 10.7. The van der Waals surface area contributed by atoms with E-state index in [-0.39, 0.29) is 12.0 Å². The van der Waals surface area contributed by atoms with Crippen molar-refractivity contribution in [2.75, 3.05) is 13.2 Å². The van der Waals surface area contributed by atoms with Crippen molar-refractivity contribution < 1.29 is 9.84 Å². The fraction of sp³-hybridized carbons (Fsp3) is 0.538. The van der Waals surface area contributed by atoms with Crippen LogP contribution < -0.4 is 4.74 Å². The van der Waals surface area contributed by atoms with Crippen LogP contribution in [0.4, 0.5) is 0 Å². The Morgan fingerprint density at radius 2 is 1.93 bits per heavy atom. The molecule has 1 aliphatic rings. The monoisotopic (exact) mass is 206 g/mol. The minimum Gasteiger partial charge on any atom is -0.494 e. The van der Waals surface area contributed by atoms with E-state index in [9.17, 15) is 5.11 Å². The van der Waals surface area contributed by atoms with Crippen molar-refractivity contribution in [1.82, 2.24) is 0 Å². The molecule has 1 N–H and O–H groups in total. The Labute approximate surface area is 90.9 Å². The Morgan fingerprint density at radius 1 is 1.27 bits per heavy atom. The summed E-state index contributed by atoms with van der Waals surface area (Å²) in [6.45, 7) is 2.94. The van der Waals surface area contributed by atoms with Crippen molar-refractivity contribution in [3.63, 3.8) is 0 Å². The summed E-state index contributed by atoms with van der Waals surface area (Å²) in [5.41, 5.74) is 1.30. The third-order valence-electron chi connectivity index (χ3n) is 3.39. The van der Waals surface area contributed by atoms with Crippen LogP contribution >= 0.6 is 0 Å². The number of ether oxygens (including phenoxy) is 1. The molecule has 15 heavy (non-hydrogen) atoms. The van der Waals surface area contributed by atoms with Gasteiger partial charge in [-0.05, 0) is 37.5 Å². The molecule has 0 unspecified atom stereocenters. The Kier molecular flexibility index (Phi) is 2.96. The Morgan fingerprint density at radius 3 is 2.33 bits per heavy atom. The van der Waals surface area contributed by atoms with E-state index in [0.717, 1.165) is 18.6 Å². The van der Waals surface area contributed by atoms with Gasteiger partial charge in [0.05, 0.1) is 13.2 Å². The largest absolute Gasteiger partial charge is 0.494 e. The lowest BCUT2D eigenvalue weighted by atomic mass is 9.65. The molecule has 1 fully saturated rings. The van der Waals surface area contributed by atoms with Crippen LogP contribution in [0.5, 0.6) is 5.75 Å². The van der Waals surface area contributed by atoms with Gasteiger partial charge in [0.1, 0.15) is 5.75 Å². The predicted octanol–water partition coefficient (Wildman–Crippen LogP) is 2.50. The van der Waals surface area contributed by atoms with Crippen LogP contribution in [-0.4, -0.2) is 18.3 Å². The number of aliphatic hydroxyl groups is 1. The highest BCUT2D eigenvalue weighted by atomic mass is 16.5. The lowest BCUT2D eigenvalue weighted by molar-refractivity contribution is 0.120. The molecule has 1 aromatic rings. The van der Waals surface area contributed by atoms with Crippen molar-refractivity contribution in [2.24, 2.45) is 0 Å². The van der Waals surface area contributed by atoms with Crippen LogP contribution in [0.1, 0.15) is 31.7 Å². The highest BCUT2D eigenvalue weighted by molar-refractivity contribution is 5.34. The standard InChI is InChI=1S/C13H18O2/c1-2-15-12-6-4-11(5-7-12)13(10-14)8-3-9-13/h4-7,14H,2-3,8-10H2,1H3. The van der Waals surface area contributed by atoms with Crippen molar-refractivity contribution in [3.05, 3.63) is 29.8 Å². The summed E-state index contributed by atoms with van der Waals surface area (Å²) in [6, 6.07) is 8.16. The summed E-state index contributed by atoms with van der Waals surface area (Å²) >= 11 is 0. The normalized spacial score (nSPS) is 18.3. The van der Waals surface area contributed by atoms with Crippen molar-refractivity contribution in [1.29, 1.82) is 0 Å². The van der Waals surface area contributed by atoms with Gasteiger partial charge in [-0.3, -0.25) is 0 Å². The van der Waals surface area contributed by atoms with Gasteiger partial charge in [-0.2, -0.15) is 0 Å². The molecular formula is C13H18O2. The number of benzene rings is 1. The molecule has 2 heteroatoms. The van der Waals surface area contributed by atoms with E-state index in [1.807, 2.05) is 19.1 Å².